The first-order valence-electron chi connectivity index (χ1n) is 10.2. The highest BCUT2D eigenvalue weighted by atomic mass is 19.1. The predicted octanol–water partition coefficient (Wildman–Crippen LogP) is 3.88. The topological polar surface area (TPSA) is 91.8 Å². The SMILES string of the molecule is CC1NC(=O)c2cc(-c3c(F)ccc4c(=O)n(C5CC5)c(NC(C)(C)C)nc34)[nH]c21. The van der Waals surface area contributed by atoms with Crippen LogP contribution in [0.5, 0.6) is 0 Å². The molecule has 5 rings (SSSR count). The van der Waals surface area contributed by atoms with Crippen molar-refractivity contribution in [1.29, 1.82) is 0 Å². The van der Waals surface area contributed by atoms with Gasteiger partial charge in [0.1, 0.15) is 5.82 Å². The lowest BCUT2D eigenvalue weighted by molar-refractivity contribution is 0.0958. The van der Waals surface area contributed by atoms with Crippen LogP contribution in [-0.4, -0.2) is 26.0 Å². The van der Waals surface area contributed by atoms with Gasteiger partial charge in [0.05, 0.1) is 39.5 Å². The maximum Gasteiger partial charge on any atom is 0.263 e. The Kier molecular flexibility index (Phi) is 3.87. The number of hydrogen-bond donors (Lipinski definition) is 3. The van der Waals surface area contributed by atoms with Gasteiger partial charge in [-0.05, 0) is 58.7 Å². The van der Waals surface area contributed by atoms with E-state index in [0.717, 1.165) is 12.8 Å². The minimum absolute atomic E-state index is 0.117. The number of hydrogen-bond acceptors (Lipinski definition) is 4. The van der Waals surface area contributed by atoms with E-state index in [0.29, 0.717) is 28.3 Å². The van der Waals surface area contributed by atoms with Crippen molar-refractivity contribution in [2.45, 2.75) is 58.2 Å². The van der Waals surface area contributed by atoms with Gasteiger partial charge in [0.25, 0.3) is 11.5 Å². The Labute approximate surface area is 172 Å². The number of aromatic nitrogens is 3. The van der Waals surface area contributed by atoms with E-state index in [1.165, 1.54) is 12.1 Å². The predicted molar refractivity (Wildman–Crippen MR) is 113 cm³/mol. The molecule has 0 bridgehead atoms. The molecule has 1 saturated carbocycles. The van der Waals surface area contributed by atoms with Crippen molar-refractivity contribution in [3.05, 3.63) is 45.6 Å². The van der Waals surface area contributed by atoms with Crippen molar-refractivity contribution in [2.75, 3.05) is 5.32 Å². The molecule has 0 spiro atoms. The van der Waals surface area contributed by atoms with Crippen LogP contribution in [-0.2, 0) is 0 Å². The smallest absolute Gasteiger partial charge is 0.263 e. The van der Waals surface area contributed by atoms with Crippen molar-refractivity contribution >= 4 is 22.8 Å². The third kappa shape index (κ3) is 2.89. The van der Waals surface area contributed by atoms with E-state index in [1.807, 2.05) is 27.7 Å². The molecule has 1 aliphatic carbocycles. The summed E-state index contributed by atoms with van der Waals surface area (Å²) in [5.41, 5.74) is 1.65. The zero-order valence-electron chi connectivity index (χ0n) is 17.4. The van der Waals surface area contributed by atoms with Crippen LogP contribution in [0.4, 0.5) is 10.3 Å². The van der Waals surface area contributed by atoms with E-state index >= 15 is 4.39 Å². The van der Waals surface area contributed by atoms with Crippen LogP contribution in [0.2, 0.25) is 0 Å². The summed E-state index contributed by atoms with van der Waals surface area (Å²) in [5, 5.41) is 6.50. The van der Waals surface area contributed by atoms with Gasteiger partial charge >= 0.3 is 0 Å². The van der Waals surface area contributed by atoms with Crippen LogP contribution in [0.25, 0.3) is 22.2 Å². The molecule has 2 aromatic heterocycles. The van der Waals surface area contributed by atoms with Crippen LogP contribution < -0.4 is 16.2 Å². The Bertz CT molecular complexity index is 1260. The van der Waals surface area contributed by atoms with E-state index in [-0.39, 0.29) is 40.2 Å². The summed E-state index contributed by atoms with van der Waals surface area (Å²) >= 11 is 0. The second kappa shape index (κ2) is 6.17. The molecule has 0 saturated heterocycles. The van der Waals surface area contributed by atoms with E-state index in [2.05, 4.69) is 15.6 Å². The quantitative estimate of drug-likeness (QED) is 0.612. The molecule has 30 heavy (non-hydrogen) atoms. The number of carbonyl (C=O) groups excluding carboxylic acids is 1. The van der Waals surface area contributed by atoms with E-state index < -0.39 is 5.82 Å². The highest BCUT2D eigenvalue weighted by Crippen LogP contribution is 2.38. The van der Waals surface area contributed by atoms with Gasteiger partial charge in [-0.3, -0.25) is 14.2 Å². The summed E-state index contributed by atoms with van der Waals surface area (Å²) in [5.74, 6) is -0.243. The fraction of sp³-hybridized carbons (Fsp3) is 0.409. The fourth-order valence-corrected chi connectivity index (χ4v) is 4.07. The van der Waals surface area contributed by atoms with Gasteiger partial charge in [-0.2, -0.15) is 0 Å². The van der Waals surface area contributed by atoms with Crippen molar-refractivity contribution < 1.29 is 9.18 Å². The molecule has 1 unspecified atom stereocenters. The lowest BCUT2D eigenvalue weighted by atomic mass is 10.1. The van der Waals surface area contributed by atoms with Gasteiger partial charge in [0.15, 0.2) is 0 Å². The summed E-state index contributed by atoms with van der Waals surface area (Å²) in [6.45, 7) is 7.83. The average molecular weight is 409 g/mol. The van der Waals surface area contributed by atoms with Crippen LogP contribution in [0.3, 0.4) is 0 Å². The summed E-state index contributed by atoms with van der Waals surface area (Å²) in [6.07, 6.45) is 1.85. The van der Waals surface area contributed by atoms with Crippen molar-refractivity contribution in [1.82, 2.24) is 19.9 Å². The van der Waals surface area contributed by atoms with Gasteiger partial charge in [-0.15, -0.1) is 0 Å². The zero-order chi connectivity index (χ0) is 21.4. The van der Waals surface area contributed by atoms with Crippen LogP contribution in [0.15, 0.2) is 23.0 Å². The molecule has 8 heteroatoms. The summed E-state index contributed by atoms with van der Waals surface area (Å²) in [6, 6.07) is 4.36. The largest absolute Gasteiger partial charge is 0.356 e. The van der Waals surface area contributed by atoms with E-state index in [4.69, 9.17) is 4.98 Å². The Morgan fingerprint density at radius 3 is 2.60 bits per heavy atom. The van der Waals surface area contributed by atoms with Crippen molar-refractivity contribution in [3.8, 4) is 11.3 Å². The standard InChI is InChI=1S/C22H24FN5O2/c1-10-17-13(19(29)24-10)9-15(25-17)16-14(23)8-7-12-18(16)26-21(27-22(2,3)4)28(20(12)30)11-5-6-11/h7-11,25H,5-6H2,1-4H3,(H,24,29)(H,26,27). The first-order chi connectivity index (χ1) is 14.1. The lowest BCUT2D eigenvalue weighted by Crippen LogP contribution is -2.33. The highest BCUT2D eigenvalue weighted by molar-refractivity contribution is 6.01. The third-order valence-corrected chi connectivity index (χ3v) is 5.56. The van der Waals surface area contributed by atoms with Crippen molar-refractivity contribution in [2.24, 2.45) is 0 Å². The second-order valence-corrected chi connectivity index (χ2v) is 9.24. The van der Waals surface area contributed by atoms with Crippen LogP contribution >= 0.6 is 0 Å². The molecule has 1 aliphatic heterocycles. The molecule has 1 atom stereocenters. The van der Waals surface area contributed by atoms with Gasteiger partial charge < -0.3 is 15.6 Å². The minimum Gasteiger partial charge on any atom is -0.356 e. The Balaban J connectivity index is 1.78. The number of rotatable bonds is 3. The third-order valence-electron chi connectivity index (χ3n) is 5.56. The number of halogens is 1. The number of aromatic amines is 1. The average Bonchev–Trinajstić information content (AvgIpc) is 3.30. The molecular weight excluding hydrogens is 385 g/mol. The normalized spacial score (nSPS) is 18.6. The second-order valence-electron chi connectivity index (χ2n) is 9.24. The Morgan fingerprint density at radius 2 is 1.97 bits per heavy atom. The number of benzene rings is 1. The molecule has 0 radical (unpaired) electrons. The maximum absolute atomic E-state index is 15.0. The number of fused-ring (bicyclic) bond motifs is 2. The van der Waals surface area contributed by atoms with Crippen molar-refractivity contribution in [3.63, 3.8) is 0 Å². The minimum atomic E-state index is -0.492. The number of amides is 1. The molecule has 1 amide bonds. The Hall–Kier alpha value is -3.16. The van der Waals surface area contributed by atoms with Crippen LogP contribution in [0, 0.1) is 5.82 Å². The number of carbonyl (C=O) groups is 1. The number of nitrogens with one attached hydrogen (secondary N) is 3. The number of H-pyrrole nitrogens is 1. The number of nitrogens with zero attached hydrogens (tertiary/aromatic N) is 2. The summed E-state index contributed by atoms with van der Waals surface area (Å²) in [7, 11) is 0. The monoisotopic (exact) mass is 409 g/mol. The molecule has 3 aromatic rings. The van der Waals surface area contributed by atoms with Gasteiger partial charge in [-0.1, -0.05) is 0 Å². The maximum atomic E-state index is 15.0. The Morgan fingerprint density at radius 1 is 1.23 bits per heavy atom. The molecule has 2 aliphatic rings. The zero-order valence-corrected chi connectivity index (χ0v) is 17.4. The molecule has 3 N–H and O–H groups in total. The fourth-order valence-electron chi connectivity index (χ4n) is 4.07. The van der Waals surface area contributed by atoms with E-state index in [9.17, 15) is 9.59 Å². The van der Waals surface area contributed by atoms with E-state index in [1.54, 1.807) is 10.6 Å². The molecular formula is C22H24FN5O2. The van der Waals surface area contributed by atoms with Crippen LogP contribution in [0.1, 0.15) is 68.7 Å². The molecule has 1 fully saturated rings. The summed E-state index contributed by atoms with van der Waals surface area (Å²) in [4.78, 5) is 33.4. The van der Waals surface area contributed by atoms with Gasteiger partial charge in [-0.25, -0.2) is 9.37 Å². The van der Waals surface area contributed by atoms with Gasteiger partial charge in [0.2, 0.25) is 5.95 Å². The highest BCUT2D eigenvalue weighted by Gasteiger charge is 2.32. The molecule has 1 aromatic carbocycles. The first-order valence-corrected chi connectivity index (χ1v) is 10.2. The lowest BCUT2D eigenvalue weighted by Gasteiger charge is -2.24. The molecule has 7 nitrogen and oxygen atoms in total. The number of anilines is 1. The molecule has 156 valence electrons. The molecule has 3 heterocycles. The summed E-state index contributed by atoms with van der Waals surface area (Å²) < 4.78 is 16.7. The first kappa shape index (κ1) is 18.8. The van der Waals surface area contributed by atoms with Gasteiger partial charge in [0, 0.05) is 11.6 Å².